The van der Waals surface area contributed by atoms with Gasteiger partial charge >= 0.3 is 0 Å². The molecule has 0 radical (unpaired) electrons. The van der Waals surface area contributed by atoms with Crippen LogP contribution in [0.3, 0.4) is 0 Å². The van der Waals surface area contributed by atoms with E-state index in [-0.39, 0.29) is 0 Å². The minimum absolute atomic E-state index is 0.407. The van der Waals surface area contributed by atoms with Crippen LogP contribution in [0.15, 0.2) is 0 Å². The van der Waals surface area contributed by atoms with Crippen molar-refractivity contribution < 1.29 is 10.2 Å². The predicted octanol–water partition coefficient (Wildman–Crippen LogP) is 1.68. The SMILES string of the molecule is CCC(O)S.CCCC(O)S. The van der Waals surface area contributed by atoms with Crippen LogP contribution in [0.2, 0.25) is 0 Å². The average Bonchev–Trinajstić information content (AvgIpc) is 1.89. The maximum atomic E-state index is 8.42. The molecule has 4 heteroatoms. The lowest BCUT2D eigenvalue weighted by molar-refractivity contribution is 0.254. The Kier molecular flexibility index (Phi) is 13.7. The molecule has 11 heavy (non-hydrogen) atoms. The van der Waals surface area contributed by atoms with Crippen LogP contribution < -0.4 is 0 Å². The topological polar surface area (TPSA) is 40.5 Å². The highest BCUT2D eigenvalue weighted by Gasteiger charge is 1.88. The number of thiol groups is 2. The van der Waals surface area contributed by atoms with Gasteiger partial charge in [0.2, 0.25) is 0 Å². The first-order valence-corrected chi connectivity index (χ1v) is 4.80. The van der Waals surface area contributed by atoms with Crippen LogP contribution in [0.25, 0.3) is 0 Å². The summed E-state index contributed by atoms with van der Waals surface area (Å²) in [5.74, 6) is 0. The molecule has 0 aliphatic heterocycles. The van der Waals surface area contributed by atoms with Crippen molar-refractivity contribution in [2.75, 3.05) is 0 Å². The third-order valence-corrected chi connectivity index (χ3v) is 1.54. The Balaban J connectivity index is 0. The highest BCUT2D eigenvalue weighted by molar-refractivity contribution is 7.80. The molecule has 2 atom stereocenters. The fourth-order valence-electron chi connectivity index (χ4n) is 0.258. The van der Waals surface area contributed by atoms with Crippen molar-refractivity contribution in [2.45, 2.75) is 44.0 Å². The highest BCUT2D eigenvalue weighted by atomic mass is 32.1. The lowest BCUT2D eigenvalue weighted by atomic mass is 10.4. The predicted molar refractivity (Wildman–Crippen MR) is 55.2 cm³/mol. The van der Waals surface area contributed by atoms with E-state index in [4.69, 9.17) is 10.2 Å². The van der Waals surface area contributed by atoms with E-state index in [1.165, 1.54) is 0 Å². The molecular formula is C7H18O2S2. The van der Waals surface area contributed by atoms with E-state index in [1.54, 1.807) is 0 Å². The smallest absolute Gasteiger partial charge is 0.0964 e. The monoisotopic (exact) mass is 198 g/mol. The van der Waals surface area contributed by atoms with Gasteiger partial charge < -0.3 is 10.2 Å². The van der Waals surface area contributed by atoms with Crippen LogP contribution in [0.1, 0.15) is 33.1 Å². The van der Waals surface area contributed by atoms with E-state index in [0.717, 1.165) is 19.3 Å². The van der Waals surface area contributed by atoms with Crippen LogP contribution in [0, 0.1) is 0 Å². The van der Waals surface area contributed by atoms with E-state index < -0.39 is 10.9 Å². The first-order valence-electron chi connectivity index (χ1n) is 3.76. The van der Waals surface area contributed by atoms with Gasteiger partial charge in [-0.05, 0) is 12.8 Å². The van der Waals surface area contributed by atoms with Gasteiger partial charge in [-0.25, -0.2) is 0 Å². The summed E-state index contributed by atoms with van der Waals surface area (Å²) in [5.41, 5.74) is -0.829. The van der Waals surface area contributed by atoms with Gasteiger partial charge in [0.1, 0.15) is 0 Å². The van der Waals surface area contributed by atoms with E-state index in [0.29, 0.717) is 0 Å². The molecule has 70 valence electrons. The van der Waals surface area contributed by atoms with Gasteiger partial charge in [0.25, 0.3) is 0 Å². The van der Waals surface area contributed by atoms with Gasteiger partial charge in [-0.3, -0.25) is 0 Å². The van der Waals surface area contributed by atoms with Gasteiger partial charge in [0, 0.05) is 0 Å². The molecule has 0 spiro atoms. The Morgan fingerprint density at radius 3 is 1.45 bits per heavy atom. The van der Waals surface area contributed by atoms with Crippen LogP contribution in [0.5, 0.6) is 0 Å². The molecular weight excluding hydrogens is 180 g/mol. The molecule has 0 heterocycles. The van der Waals surface area contributed by atoms with Crippen LogP contribution >= 0.6 is 25.3 Å². The molecule has 0 fully saturated rings. The van der Waals surface area contributed by atoms with Crippen molar-refractivity contribution in [3.63, 3.8) is 0 Å². The maximum Gasteiger partial charge on any atom is 0.0964 e. The van der Waals surface area contributed by atoms with Crippen LogP contribution in [-0.4, -0.2) is 21.1 Å². The zero-order chi connectivity index (χ0) is 9.28. The molecule has 0 aromatic carbocycles. The fourth-order valence-corrected chi connectivity index (χ4v) is 0.516. The molecule has 0 aliphatic carbocycles. The normalized spacial score (nSPS) is 14.7. The fraction of sp³-hybridized carbons (Fsp3) is 1.00. The minimum atomic E-state index is -0.421. The Morgan fingerprint density at radius 1 is 1.09 bits per heavy atom. The average molecular weight is 198 g/mol. The third kappa shape index (κ3) is 25.0. The summed E-state index contributed by atoms with van der Waals surface area (Å²) < 4.78 is 0. The molecule has 0 bridgehead atoms. The second kappa shape index (κ2) is 10.6. The van der Waals surface area contributed by atoms with Crippen molar-refractivity contribution in [2.24, 2.45) is 0 Å². The van der Waals surface area contributed by atoms with Crippen molar-refractivity contribution in [1.82, 2.24) is 0 Å². The molecule has 2 N–H and O–H groups in total. The molecule has 0 amide bonds. The number of rotatable bonds is 3. The zero-order valence-electron chi connectivity index (χ0n) is 7.06. The van der Waals surface area contributed by atoms with E-state index in [9.17, 15) is 0 Å². The molecule has 0 aliphatic rings. The summed E-state index contributed by atoms with van der Waals surface area (Å²) in [7, 11) is 0. The summed E-state index contributed by atoms with van der Waals surface area (Å²) in [5, 5.41) is 16.6. The summed E-state index contributed by atoms with van der Waals surface area (Å²) >= 11 is 7.39. The van der Waals surface area contributed by atoms with Gasteiger partial charge in [0.05, 0.1) is 10.9 Å². The summed E-state index contributed by atoms with van der Waals surface area (Å²) in [4.78, 5) is 0. The molecule has 0 aromatic heterocycles. The van der Waals surface area contributed by atoms with Gasteiger partial charge in [-0.15, -0.1) is 25.3 Å². The molecule has 0 saturated carbocycles. The summed E-state index contributed by atoms with van der Waals surface area (Å²) in [6, 6.07) is 0. The Bertz CT molecular complexity index is 67.5. The number of aliphatic hydroxyl groups is 2. The van der Waals surface area contributed by atoms with Crippen LogP contribution in [0.4, 0.5) is 0 Å². The van der Waals surface area contributed by atoms with Crippen molar-refractivity contribution >= 4 is 25.3 Å². The number of hydrogen-bond donors (Lipinski definition) is 4. The molecule has 2 nitrogen and oxygen atoms in total. The summed E-state index contributed by atoms with van der Waals surface area (Å²) in [6.45, 7) is 3.89. The Morgan fingerprint density at radius 2 is 1.45 bits per heavy atom. The Labute approximate surface area is 79.8 Å². The summed E-state index contributed by atoms with van der Waals surface area (Å²) in [6.07, 6.45) is 2.52. The second-order valence-corrected chi connectivity index (χ2v) is 3.35. The van der Waals surface area contributed by atoms with E-state index >= 15 is 0 Å². The minimum Gasteiger partial charge on any atom is -0.383 e. The molecule has 2 unspecified atom stereocenters. The highest BCUT2D eigenvalue weighted by Crippen LogP contribution is 1.97. The van der Waals surface area contributed by atoms with Gasteiger partial charge in [-0.2, -0.15) is 0 Å². The van der Waals surface area contributed by atoms with E-state index in [1.807, 2.05) is 13.8 Å². The van der Waals surface area contributed by atoms with Crippen LogP contribution in [-0.2, 0) is 0 Å². The quantitative estimate of drug-likeness (QED) is 0.412. The first kappa shape index (κ1) is 14.2. The Hall–Kier alpha value is 0.620. The number of hydrogen-bond acceptors (Lipinski definition) is 4. The standard InChI is InChI=1S/C4H10OS.C3H8OS/c1-2-3-4(5)6;1-2-3(4)5/h4-6H,2-3H2,1H3;3-5H,2H2,1H3. The van der Waals surface area contributed by atoms with Gasteiger partial charge in [-0.1, -0.05) is 20.3 Å². The first-order chi connectivity index (χ1) is 5.04. The van der Waals surface area contributed by atoms with Gasteiger partial charge in [0.15, 0.2) is 0 Å². The van der Waals surface area contributed by atoms with Crippen molar-refractivity contribution in [3.05, 3.63) is 0 Å². The van der Waals surface area contributed by atoms with Crippen molar-refractivity contribution in [3.8, 4) is 0 Å². The largest absolute Gasteiger partial charge is 0.383 e. The number of aliphatic hydroxyl groups excluding tert-OH is 2. The van der Waals surface area contributed by atoms with E-state index in [2.05, 4.69) is 25.3 Å². The maximum absolute atomic E-state index is 8.42. The second-order valence-electron chi connectivity index (χ2n) is 2.16. The lowest BCUT2D eigenvalue weighted by Gasteiger charge is -1.94. The molecule has 0 aromatic rings. The lowest BCUT2D eigenvalue weighted by Crippen LogP contribution is -1.91. The van der Waals surface area contributed by atoms with Crippen molar-refractivity contribution in [1.29, 1.82) is 0 Å². The third-order valence-electron chi connectivity index (χ3n) is 0.912. The molecule has 0 rings (SSSR count). The molecule has 0 saturated heterocycles. The zero-order valence-corrected chi connectivity index (χ0v) is 8.85.